The number of hydrogen-bond acceptors (Lipinski definition) is 4. The molecule has 0 atom stereocenters. The molecule has 0 aliphatic heterocycles. The topological polar surface area (TPSA) is 70.0 Å². The molecule has 0 aliphatic carbocycles. The number of rotatable bonds is 3. The van der Waals surface area contributed by atoms with E-state index in [0.717, 1.165) is 11.3 Å². The smallest absolute Gasteiger partial charge is 0.206 e. The summed E-state index contributed by atoms with van der Waals surface area (Å²) in [5, 5.41) is 10.4. The normalized spacial score (nSPS) is 12.4. The predicted octanol–water partition coefficient (Wildman–Crippen LogP) is 2.09. The van der Waals surface area contributed by atoms with Crippen molar-refractivity contribution < 1.29 is 8.42 Å². The summed E-state index contributed by atoms with van der Waals surface area (Å²) in [5.74, 6) is 0. The Hall–Kier alpha value is -0.420. The van der Waals surface area contributed by atoms with Crippen LogP contribution in [0.15, 0.2) is 20.1 Å². The summed E-state index contributed by atoms with van der Waals surface area (Å²) in [6.45, 7) is 3.01. The molecule has 1 heterocycles. The van der Waals surface area contributed by atoms with Crippen molar-refractivity contribution in [1.29, 1.82) is 5.26 Å². The van der Waals surface area contributed by atoms with Gasteiger partial charge in [-0.3, -0.25) is 0 Å². The first kappa shape index (κ1) is 12.6. The van der Waals surface area contributed by atoms with E-state index in [4.69, 9.17) is 5.26 Å². The van der Waals surface area contributed by atoms with Crippen LogP contribution >= 0.6 is 27.3 Å². The first-order valence-electron chi connectivity index (χ1n) is 3.97. The van der Waals surface area contributed by atoms with E-state index in [1.54, 1.807) is 11.4 Å². The fourth-order valence-corrected chi connectivity index (χ4v) is 4.55. The molecule has 1 N–H and O–H groups in total. The van der Waals surface area contributed by atoms with E-state index in [9.17, 15) is 8.42 Å². The van der Waals surface area contributed by atoms with Gasteiger partial charge in [-0.25, -0.2) is 8.42 Å². The van der Waals surface area contributed by atoms with Crippen molar-refractivity contribution >= 4 is 37.3 Å². The van der Waals surface area contributed by atoms with E-state index >= 15 is 0 Å². The zero-order valence-electron chi connectivity index (χ0n) is 8.11. The minimum Gasteiger partial charge on any atom is -0.206 e. The predicted molar refractivity (Wildman–Crippen MR) is 62.0 cm³/mol. The van der Waals surface area contributed by atoms with Crippen LogP contribution in [-0.2, 0) is 10.0 Å². The molecule has 0 unspecified atom stereocenters. The maximum atomic E-state index is 11.8. The molecule has 1 rings (SSSR count). The van der Waals surface area contributed by atoms with Crippen molar-refractivity contribution in [3.63, 3.8) is 0 Å². The Labute approximate surface area is 101 Å². The summed E-state index contributed by atoms with van der Waals surface area (Å²) in [5.41, 5.74) is -1.11. The Morgan fingerprint density at radius 3 is 2.60 bits per heavy atom. The lowest BCUT2D eigenvalue weighted by atomic mass is 10.1. The SMILES string of the molecule is CC(C)(C#N)NS(=O)(=O)c1sccc1Br. The van der Waals surface area contributed by atoms with Gasteiger partial charge < -0.3 is 0 Å². The Morgan fingerprint density at radius 1 is 1.60 bits per heavy atom. The summed E-state index contributed by atoms with van der Waals surface area (Å²) in [6.07, 6.45) is 0. The summed E-state index contributed by atoms with van der Waals surface area (Å²) in [4.78, 5) is 0. The molecule has 0 radical (unpaired) electrons. The third kappa shape index (κ3) is 3.01. The van der Waals surface area contributed by atoms with Gasteiger partial charge in [-0.2, -0.15) is 9.98 Å². The van der Waals surface area contributed by atoms with E-state index in [1.807, 2.05) is 6.07 Å². The number of hydrogen-bond donors (Lipinski definition) is 1. The van der Waals surface area contributed by atoms with Crippen LogP contribution in [0.3, 0.4) is 0 Å². The molecule has 0 bridgehead atoms. The van der Waals surface area contributed by atoms with Gasteiger partial charge in [-0.1, -0.05) is 0 Å². The number of nitrogens with one attached hydrogen (secondary N) is 1. The molecule has 15 heavy (non-hydrogen) atoms. The number of halogens is 1. The first-order chi connectivity index (χ1) is 6.78. The van der Waals surface area contributed by atoms with Gasteiger partial charge in [0, 0.05) is 4.47 Å². The van der Waals surface area contributed by atoms with Crippen molar-refractivity contribution in [2.45, 2.75) is 23.6 Å². The minimum absolute atomic E-state index is 0.186. The van der Waals surface area contributed by atoms with Crippen LogP contribution in [0.2, 0.25) is 0 Å². The maximum absolute atomic E-state index is 11.8. The second kappa shape index (κ2) is 4.22. The van der Waals surface area contributed by atoms with E-state index in [1.165, 1.54) is 13.8 Å². The van der Waals surface area contributed by atoms with Crippen molar-refractivity contribution in [3.05, 3.63) is 15.9 Å². The van der Waals surface area contributed by atoms with Gasteiger partial charge in [0.1, 0.15) is 9.75 Å². The Balaban J connectivity index is 3.08. The summed E-state index contributed by atoms with van der Waals surface area (Å²) < 4.78 is 26.6. The highest BCUT2D eigenvalue weighted by Gasteiger charge is 2.28. The summed E-state index contributed by atoms with van der Waals surface area (Å²) in [7, 11) is -3.62. The van der Waals surface area contributed by atoms with Crippen LogP contribution in [0.25, 0.3) is 0 Å². The second-order valence-corrected chi connectivity index (χ2v) is 7.05. The molecule has 0 aliphatic rings. The van der Waals surface area contributed by atoms with Crippen molar-refractivity contribution in [1.82, 2.24) is 4.72 Å². The molecular weight excluding hydrogens is 300 g/mol. The third-order valence-electron chi connectivity index (χ3n) is 1.50. The van der Waals surface area contributed by atoms with Crippen LogP contribution in [0.4, 0.5) is 0 Å². The highest BCUT2D eigenvalue weighted by atomic mass is 79.9. The Bertz CT molecular complexity index is 499. The van der Waals surface area contributed by atoms with Gasteiger partial charge in [0.05, 0.1) is 6.07 Å². The van der Waals surface area contributed by atoms with E-state index in [2.05, 4.69) is 20.7 Å². The molecule has 0 aromatic carbocycles. The lowest BCUT2D eigenvalue weighted by Crippen LogP contribution is -2.41. The first-order valence-corrected chi connectivity index (χ1v) is 7.12. The van der Waals surface area contributed by atoms with Crippen LogP contribution < -0.4 is 4.72 Å². The highest BCUT2D eigenvalue weighted by Crippen LogP contribution is 2.28. The number of thiophene rings is 1. The second-order valence-electron chi connectivity index (χ2n) is 3.40. The van der Waals surface area contributed by atoms with Crippen LogP contribution in [0, 0.1) is 11.3 Å². The highest BCUT2D eigenvalue weighted by molar-refractivity contribution is 9.10. The van der Waals surface area contributed by atoms with Gasteiger partial charge in [0.25, 0.3) is 10.0 Å². The van der Waals surface area contributed by atoms with Crippen molar-refractivity contribution in [2.24, 2.45) is 0 Å². The third-order valence-corrected chi connectivity index (χ3v) is 5.82. The van der Waals surface area contributed by atoms with Crippen molar-refractivity contribution in [2.75, 3.05) is 0 Å². The van der Waals surface area contributed by atoms with E-state index in [0.29, 0.717) is 4.47 Å². The zero-order valence-corrected chi connectivity index (χ0v) is 11.3. The lowest BCUT2D eigenvalue weighted by molar-refractivity contribution is 0.537. The molecule has 7 heteroatoms. The van der Waals surface area contributed by atoms with E-state index < -0.39 is 15.6 Å². The summed E-state index contributed by atoms with van der Waals surface area (Å²) in [6, 6.07) is 3.53. The van der Waals surface area contributed by atoms with E-state index in [-0.39, 0.29) is 4.21 Å². The monoisotopic (exact) mass is 308 g/mol. The summed E-state index contributed by atoms with van der Waals surface area (Å²) >= 11 is 4.24. The number of nitrogens with zero attached hydrogens (tertiary/aromatic N) is 1. The molecule has 0 amide bonds. The van der Waals surface area contributed by atoms with Crippen LogP contribution in [0.1, 0.15) is 13.8 Å². The fraction of sp³-hybridized carbons (Fsp3) is 0.375. The quantitative estimate of drug-likeness (QED) is 0.929. The van der Waals surface area contributed by atoms with Gasteiger partial charge in [-0.05, 0) is 41.2 Å². The zero-order chi connectivity index (χ0) is 11.7. The molecular formula is C8H9BrN2O2S2. The molecule has 0 fully saturated rings. The Morgan fingerprint density at radius 2 is 2.20 bits per heavy atom. The van der Waals surface area contributed by atoms with Gasteiger partial charge in [-0.15, -0.1) is 11.3 Å². The van der Waals surface area contributed by atoms with Crippen molar-refractivity contribution in [3.8, 4) is 6.07 Å². The molecule has 1 aromatic rings. The fourth-order valence-electron chi connectivity index (χ4n) is 0.877. The molecule has 0 saturated carbocycles. The van der Waals surface area contributed by atoms with Crippen LogP contribution in [-0.4, -0.2) is 14.0 Å². The molecule has 0 spiro atoms. The molecule has 4 nitrogen and oxygen atoms in total. The lowest BCUT2D eigenvalue weighted by Gasteiger charge is -2.16. The minimum atomic E-state index is -3.62. The average molecular weight is 309 g/mol. The van der Waals surface area contributed by atoms with Gasteiger partial charge >= 0.3 is 0 Å². The maximum Gasteiger partial charge on any atom is 0.252 e. The number of nitriles is 1. The molecule has 82 valence electrons. The van der Waals surface area contributed by atoms with Crippen LogP contribution in [0.5, 0.6) is 0 Å². The number of sulfonamides is 1. The van der Waals surface area contributed by atoms with Gasteiger partial charge in [0.2, 0.25) is 0 Å². The van der Waals surface area contributed by atoms with Gasteiger partial charge in [0.15, 0.2) is 0 Å². The molecule has 0 saturated heterocycles. The average Bonchev–Trinajstić information content (AvgIpc) is 2.50. The Kier molecular flexibility index (Phi) is 3.55. The largest absolute Gasteiger partial charge is 0.252 e. The standard InChI is InChI=1S/C8H9BrN2O2S2/c1-8(2,5-10)11-15(12,13)7-6(9)3-4-14-7/h3-4,11H,1-2H3. The molecule has 1 aromatic heterocycles.